The van der Waals surface area contributed by atoms with Crippen LogP contribution in [0.1, 0.15) is 39.8 Å². The predicted octanol–water partition coefficient (Wildman–Crippen LogP) is 2.26. The summed E-state index contributed by atoms with van der Waals surface area (Å²) in [7, 11) is 0. The van der Waals surface area contributed by atoms with Crippen LogP contribution < -0.4 is 0 Å². The summed E-state index contributed by atoms with van der Waals surface area (Å²) in [5.74, 6) is 0.410. The van der Waals surface area contributed by atoms with Crippen LogP contribution in [-0.2, 0) is 0 Å². The highest BCUT2D eigenvalue weighted by atomic mass is 32.1. The van der Waals surface area contributed by atoms with E-state index in [9.17, 15) is 4.79 Å². The van der Waals surface area contributed by atoms with Gasteiger partial charge in [0.1, 0.15) is 11.2 Å². The number of aromatic nitrogens is 3. The minimum absolute atomic E-state index is 0.101. The average molecular weight is 288 g/mol. The van der Waals surface area contributed by atoms with Gasteiger partial charge in [-0.05, 0) is 25.8 Å². The normalized spacial score (nSPS) is 19.1. The molecule has 0 bridgehead atoms. The summed E-state index contributed by atoms with van der Waals surface area (Å²) in [5, 5.41) is 0. The number of carbonyl (C=O) groups is 1. The van der Waals surface area contributed by atoms with Crippen molar-refractivity contribution < 1.29 is 4.79 Å². The van der Waals surface area contributed by atoms with Crippen molar-refractivity contribution in [3.63, 3.8) is 0 Å². The fourth-order valence-electron chi connectivity index (χ4n) is 2.60. The number of rotatable bonds is 2. The number of hydrogen-bond acceptors (Lipinski definition) is 5. The Morgan fingerprint density at radius 1 is 1.45 bits per heavy atom. The average Bonchev–Trinajstić information content (AvgIpc) is 2.94. The van der Waals surface area contributed by atoms with E-state index in [4.69, 9.17) is 0 Å². The molecule has 1 unspecified atom stereocenters. The lowest BCUT2D eigenvalue weighted by Crippen LogP contribution is -2.39. The number of piperidine rings is 1. The van der Waals surface area contributed by atoms with Gasteiger partial charge in [0.05, 0.1) is 11.2 Å². The molecule has 1 aliphatic rings. The number of hydrogen-bond donors (Lipinski definition) is 0. The molecular formula is C14H16N4OS. The van der Waals surface area contributed by atoms with Crippen molar-refractivity contribution in [3.8, 4) is 0 Å². The van der Waals surface area contributed by atoms with E-state index < -0.39 is 0 Å². The van der Waals surface area contributed by atoms with Gasteiger partial charge < -0.3 is 4.90 Å². The molecule has 2 aromatic heterocycles. The van der Waals surface area contributed by atoms with Crippen LogP contribution in [0.4, 0.5) is 0 Å². The summed E-state index contributed by atoms with van der Waals surface area (Å²) in [4.78, 5) is 27.6. The predicted molar refractivity (Wildman–Crippen MR) is 76.8 cm³/mol. The van der Waals surface area contributed by atoms with Crippen molar-refractivity contribution in [2.45, 2.75) is 25.7 Å². The van der Waals surface area contributed by atoms with Gasteiger partial charge in [0.25, 0.3) is 5.91 Å². The molecule has 0 radical (unpaired) electrons. The number of aryl methyl sites for hydroxylation is 1. The zero-order valence-electron chi connectivity index (χ0n) is 11.3. The molecule has 2 aromatic rings. The topological polar surface area (TPSA) is 59.0 Å². The maximum atomic E-state index is 12.5. The quantitative estimate of drug-likeness (QED) is 0.850. The molecule has 1 fully saturated rings. The molecule has 5 nitrogen and oxygen atoms in total. The molecule has 6 heteroatoms. The van der Waals surface area contributed by atoms with E-state index in [0.29, 0.717) is 5.92 Å². The van der Waals surface area contributed by atoms with Crippen LogP contribution in [0.15, 0.2) is 24.1 Å². The lowest BCUT2D eigenvalue weighted by molar-refractivity contribution is 0.0710. The van der Waals surface area contributed by atoms with Crippen LogP contribution in [0.2, 0.25) is 0 Å². The van der Waals surface area contributed by atoms with Crippen LogP contribution in [0, 0.1) is 6.92 Å². The molecule has 0 spiro atoms. The zero-order chi connectivity index (χ0) is 13.9. The van der Waals surface area contributed by atoms with E-state index in [0.717, 1.165) is 42.2 Å². The Kier molecular flexibility index (Phi) is 3.73. The molecule has 104 valence electrons. The third-order valence-electron chi connectivity index (χ3n) is 3.67. The van der Waals surface area contributed by atoms with E-state index >= 15 is 0 Å². The summed E-state index contributed by atoms with van der Waals surface area (Å²) in [6.45, 7) is 3.43. The molecular weight excluding hydrogens is 272 g/mol. The number of thiazole rings is 1. The standard InChI is InChI=1S/C14H16N4OS/c1-10-13(20-9-17-10)14(19)18-6-2-3-11(7-18)12-4-5-15-8-16-12/h4-5,8-9,11H,2-3,6-7H2,1H3. The monoisotopic (exact) mass is 288 g/mol. The Morgan fingerprint density at radius 3 is 3.05 bits per heavy atom. The summed E-state index contributed by atoms with van der Waals surface area (Å²) in [6.07, 6.45) is 5.42. The Bertz CT molecular complexity index is 598. The lowest BCUT2D eigenvalue weighted by atomic mass is 9.94. The van der Waals surface area contributed by atoms with Crippen molar-refractivity contribution >= 4 is 17.2 Å². The van der Waals surface area contributed by atoms with Gasteiger partial charge in [0.15, 0.2) is 0 Å². The van der Waals surface area contributed by atoms with Crippen molar-refractivity contribution in [2.24, 2.45) is 0 Å². The second-order valence-electron chi connectivity index (χ2n) is 4.99. The van der Waals surface area contributed by atoms with Gasteiger partial charge in [-0.2, -0.15) is 0 Å². The first-order valence-corrected chi connectivity index (χ1v) is 7.59. The fourth-order valence-corrected chi connectivity index (χ4v) is 3.37. The maximum absolute atomic E-state index is 12.5. The highest BCUT2D eigenvalue weighted by Gasteiger charge is 2.27. The summed E-state index contributed by atoms with van der Waals surface area (Å²) in [5.41, 5.74) is 3.58. The molecule has 1 aliphatic heterocycles. The number of carbonyl (C=O) groups excluding carboxylic acids is 1. The van der Waals surface area contributed by atoms with E-state index in [2.05, 4.69) is 15.0 Å². The van der Waals surface area contributed by atoms with Gasteiger partial charge in [0.2, 0.25) is 0 Å². The van der Waals surface area contributed by atoms with Gasteiger partial charge in [0, 0.05) is 30.9 Å². The molecule has 20 heavy (non-hydrogen) atoms. The number of amides is 1. The molecule has 1 amide bonds. The highest BCUT2D eigenvalue weighted by Crippen LogP contribution is 2.27. The smallest absolute Gasteiger partial charge is 0.265 e. The lowest BCUT2D eigenvalue weighted by Gasteiger charge is -2.32. The van der Waals surface area contributed by atoms with E-state index in [-0.39, 0.29) is 5.91 Å². The molecule has 3 heterocycles. The molecule has 1 saturated heterocycles. The van der Waals surface area contributed by atoms with Gasteiger partial charge in [-0.1, -0.05) is 0 Å². The number of likely N-dealkylation sites (tertiary alicyclic amines) is 1. The minimum Gasteiger partial charge on any atom is -0.337 e. The van der Waals surface area contributed by atoms with Crippen LogP contribution >= 0.6 is 11.3 Å². The van der Waals surface area contributed by atoms with E-state index in [1.54, 1.807) is 18.0 Å². The van der Waals surface area contributed by atoms with Crippen molar-refractivity contribution in [1.82, 2.24) is 19.9 Å². The van der Waals surface area contributed by atoms with E-state index in [1.165, 1.54) is 11.3 Å². The molecule has 1 atom stereocenters. The first-order chi connectivity index (χ1) is 9.75. The molecule has 0 saturated carbocycles. The van der Waals surface area contributed by atoms with Crippen LogP contribution in [-0.4, -0.2) is 38.8 Å². The SMILES string of the molecule is Cc1ncsc1C(=O)N1CCCC(c2ccncn2)C1. The molecule has 0 aromatic carbocycles. The molecule has 0 N–H and O–H groups in total. The fraction of sp³-hybridized carbons (Fsp3) is 0.429. The third-order valence-corrected chi connectivity index (χ3v) is 4.59. The molecule has 0 aliphatic carbocycles. The number of nitrogens with zero attached hydrogens (tertiary/aromatic N) is 4. The summed E-state index contributed by atoms with van der Waals surface area (Å²) in [6, 6.07) is 1.94. The Hall–Kier alpha value is -1.82. The van der Waals surface area contributed by atoms with Gasteiger partial charge >= 0.3 is 0 Å². The summed E-state index contributed by atoms with van der Waals surface area (Å²) < 4.78 is 0. The van der Waals surface area contributed by atoms with Gasteiger partial charge in [-0.3, -0.25) is 4.79 Å². The Morgan fingerprint density at radius 2 is 2.35 bits per heavy atom. The zero-order valence-corrected chi connectivity index (χ0v) is 12.1. The largest absolute Gasteiger partial charge is 0.337 e. The van der Waals surface area contributed by atoms with Crippen LogP contribution in [0.5, 0.6) is 0 Å². The van der Waals surface area contributed by atoms with Crippen LogP contribution in [0.25, 0.3) is 0 Å². The van der Waals surface area contributed by atoms with E-state index in [1.807, 2.05) is 17.9 Å². The second-order valence-corrected chi connectivity index (χ2v) is 5.85. The maximum Gasteiger partial charge on any atom is 0.265 e. The first-order valence-electron chi connectivity index (χ1n) is 6.71. The van der Waals surface area contributed by atoms with Gasteiger partial charge in [-0.15, -0.1) is 11.3 Å². The Labute approximate surface area is 121 Å². The second kappa shape index (κ2) is 5.66. The highest BCUT2D eigenvalue weighted by molar-refractivity contribution is 7.11. The minimum atomic E-state index is 0.101. The summed E-state index contributed by atoms with van der Waals surface area (Å²) >= 11 is 1.42. The van der Waals surface area contributed by atoms with Crippen LogP contribution in [0.3, 0.4) is 0 Å². The Balaban J connectivity index is 1.76. The first kappa shape index (κ1) is 13.2. The molecule has 3 rings (SSSR count). The third kappa shape index (κ3) is 2.56. The van der Waals surface area contributed by atoms with Crippen molar-refractivity contribution in [1.29, 1.82) is 0 Å². The van der Waals surface area contributed by atoms with Crippen molar-refractivity contribution in [2.75, 3.05) is 13.1 Å². The van der Waals surface area contributed by atoms with Gasteiger partial charge in [-0.25, -0.2) is 15.0 Å². The van der Waals surface area contributed by atoms with Crippen molar-refractivity contribution in [3.05, 3.63) is 40.4 Å².